The van der Waals surface area contributed by atoms with E-state index < -0.39 is 16.4 Å². The Morgan fingerprint density at radius 2 is 2.14 bits per heavy atom. The first kappa shape index (κ1) is 16.9. The summed E-state index contributed by atoms with van der Waals surface area (Å²) in [7, 11) is 1.28. The molecule has 2 unspecified atom stereocenters. The van der Waals surface area contributed by atoms with Crippen LogP contribution in [0.25, 0.3) is 0 Å². The number of benzene rings is 1. The lowest BCUT2D eigenvalue weighted by Gasteiger charge is -2.25. The number of aryl methyl sites for hydroxylation is 1. The van der Waals surface area contributed by atoms with Crippen LogP contribution in [0.4, 0.5) is 5.69 Å². The smallest absolute Gasteiger partial charge is 0.325 e. The molecule has 0 aliphatic carbocycles. The maximum Gasteiger partial charge on any atom is 0.325 e. The predicted molar refractivity (Wildman–Crippen MR) is 77.1 cm³/mol. The van der Waals surface area contributed by atoms with E-state index >= 15 is 0 Å². The number of nitro benzene ring substituents is 1. The predicted octanol–water partition coefficient (Wildman–Crippen LogP) is 1.95. The average molecular weight is 296 g/mol. The Morgan fingerprint density at radius 3 is 2.62 bits per heavy atom. The molecule has 0 saturated carbocycles. The Balaban J connectivity index is 2.76. The van der Waals surface area contributed by atoms with E-state index in [0.717, 1.165) is 0 Å². The van der Waals surface area contributed by atoms with Gasteiger partial charge in [0.2, 0.25) is 0 Å². The summed E-state index contributed by atoms with van der Waals surface area (Å²) in [6.07, 6.45) is -0.0876. The molecule has 2 atom stereocenters. The molecule has 7 nitrogen and oxygen atoms in total. The highest BCUT2D eigenvalue weighted by Gasteiger charge is 2.32. The molecule has 0 saturated heterocycles. The van der Waals surface area contributed by atoms with Gasteiger partial charge in [-0.2, -0.15) is 0 Å². The van der Waals surface area contributed by atoms with Gasteiger partial charge in [0, 0.05) is 18.1 Å². The van der Waals surface area contributed by atoms with Gasteiger partial charge in [-0.15, -0.1) is 0 Å². The van der Waals surface area contributed by atoms with Crippen LogP contribution >= 0.6 is 0 Å². The molecule has 1 aromatic rings. The number of esters is 1. The maximum atomic E-state index is 11.5. The van der Waals surface area contributed by atoms with Gasteiger partial charge in [0.1, 0.15) is 11.3 Å². The molecule has 7 heteroatoms. The van der Waals surface area contributed by atoms with Crippen LogP contribution < -0.4 is 10.5 Å². The van der Waals surface area contributed by atoms with E-state index in [-0.39, 0.29) is 18.2 Å². The molecule has 0 spiro atoms. The van der Waals surface area contributed by atoms with E-state index in [2.05, 4.69) is 4.74 Å². The Kier molecular flexibility index (Phi) is 5.26. The number of carbonyl (C=O) groups excluding carboxylic acids is 1. The van der Waals surface area contributed by atoms with E-state index in [9.17, 15) is 14.9 Å². The second-order valence-electron chi connectivity index (χ2n) is 5.25. The normalized spacial score (nSPS) is 14.9. The number of nitro groups is 1. The summed E-state index contributed by atoms with van der Waals surface area (Å²) in [5.74, 6) is -0.0240. The quantitative estimate of drug-likeness (QED) is 0.488. The molecule has 116 valence electrons. The van der Waals surface area contributed by atoms with Crippen molar-refractivity contribution in [3.05, 3.63) is 33.9 Å². The summed E-state index contributed by atoms with van der Waals surface area (Å²) in [6, 6.07) is 4.49. The van der Waals surface area contributed by atoms with E-state index in [0.29, 0.717) is 11.3 Å². The second-order valence-corrected chi connectivity index (χ2v) is 5.25. The summed E-state index contributed by atoms with van der Waals surface area (Å²) in [6.45, 7) is 4.97. The fourth-order valence-corrected chi connectivity index (χ4v) is 2.09. The average Bonchev–Trinajstić information content (AvgIpc) is 2.36. The minimum absolute atomic E-state index is 0.0354. The lowest BCUT2D eigenvalue weighted by molar-refractivity contribution is -0.385. The molecule has 2 N–H and O–H groups in total. The first-order valence-corrected chi connectivity index (χ1v) is 6.46. The largest absolute Gasteiger partial charge is 0.491 e. The van der Waals surface area contributed by atoms with Gasteiger partial charge in [0.25, 0.3) is 5.69 Å². The zero-order chi connectivity index (χ0) is 16.2. The molecule has 0 aliphatic rings. The minimum atomic E-state index is -1.15. The summed E-state index contributed by atoms with van der Waals surface area (Å²) >= 11 is 0. The number of hydrogen-bond acceptors (Lipinski definition) is 6. The molecule has 1 aromatic carbocycles. The van der Waals surface area contributed by atoms with E-state index in [1.165, 1.54) is 19.2 Å². The molecule has 0 radical (unpaired) electrons. The van der Waals surface area contributed by atoms with Crippen molar-refractivity contribution in [2.75, 3.05) is 7.11 Å². The first-order valence-electron chi connectivity index (χ1n) is 6.46. The van der Waals surface area contributed by atoms with Crippen molar-refractivity contribution >= 4 is 11.7 Å². The van der Waals surface area contributed by atoms with Crippen LogP contribution in [0.15, 0.2) is 18.2 Å². The lowest BCUT2D eigenvalue weighted by Crippen LogP contribution is -2.48. The molecule has 0 aliphatic heterocycles. The number of rotatable bonds is 6. The third-order valence-electron chi connectivity index (χ3n) is 3.07. The van der Waals surface area contributed by atoms with Crippen LogP contribution in [0.5, 0.6) is 5.75 Å². The standard InChI is InChI=1S/C14H20N2O5/c1-9-7-11(5-6-12(9)16(18)19)21-10(2)8-14(3,15)13(17)20-4/h5-7,10H,8,15H2,1-4H3. The molecular weight excluding hydrogens is 276 g/mol. The van der Waals surface area contributed by atoms with Crippen LogP contribution in [-0.2, 0) is 9.53 Å². The van der Waals surface area contributed by atoms with Gasteiger partial charge in [0.05, 0.1) is 18.1 Å². The third kappa shape index (κ3) is 4.42. The molecule has 0 heterocycles. The molecule has 1 rings (SSSR count). The maximum absolute atomic E-state index is 11.5. The highest BCUT2D eigenvalue weighted by Crippen LogP contribution is 2.25. The van der Waals surface area contributed by atoms with Crippen LogP contribution in [-0.4, -0.2) is 29.6 Å². The fraction of sp³-hybridized carbons (Fsp3) is 0.500. The van der Waals surface area contributed by atoms with Crippen molar-refractivity contribution < 1.29 is 19.2 Å². The highest BCUT2D eigenvalue weighted by atomic mass is 16.6. The first-order chi connectivity index (χ1) is 9.67. The van der Waals surface area contributed by atoms with Gasteiger partial charge in [-0.3, -0.25) is 14.9 Å². The van der Waals surface area contributed by atoms with E-state index in [1.807, 2.05) is 0 Å². The molecule has 0 bridgehead atoms. The summed E-state index contributed by atoms with van der Waals surface area (Å²) in [5.41, 5.74) is 5.27. The van der Waals surface area contributed by atoms with Crippen LogP contribution in [0.3, 0.4) is 0 Å². The number of methoxy groups -OCH3 is 1. The molecule has 0 aromatic heterocycles. The monoisotopic (exact) mass is 296 g/mol. The SMILES string of the molecule is COC(=O)C(C)(N)CC(C)Oc1ccc([N+](=O)[O-])c(C)c1. The number of ether oxygens (including phenoxy) is 2. The Hall–Kier alpha value is -2.15. The van der Waals surface area contributed by atoms with Crippen molar-refractivity contribution in [3.63, 3.8) is 0 Å². The van der Waals surface area contributed by atoms with E-state index in [1.54, 1.807) is 26.8 Å². The number of nitrogens with zero attached hydrogens (tertiary/aromatic N) is 1. The lowest BCUT2D eigenvalue weighted by atomic mass is 9.96. The number of nitrogens with two attached hydrogens (primary N) is 1. The second kappa shape index (κ2) is 6.53. The topological polar surface area (TPSA) is 105 Å². The van der Waals surface area contributed by atoms with Crippen molar-refractivity contribution in [2.45, 2.75) is 38.8 Å². The van der Waals surface area contributed by atoms with Gasteiger partial charge in [-0.1, -0.05) is 0 Å². The summed E-state index contributed by atoms with van der Waals surface area (Å²) in [5, 5.41) is 10.7. The van der Waals surface area contributed by atoms with Gasteiger partial charge >= 0.3 is 5.97 Å². The van der Waals surface area contributed by atoms with Crippen molar-refractivity contribution in [1.29, 1.82) is 0 Å². The van der Waals surface area contributed by atoms with Crippen molar-refractivity contribution in [3.8, 4) is 5.75 Å². The summed E-state index contributed by atoms with van der Waals surface area (Å²) < 4.78 is 10.3. The van der Waals surface area contributed by atoms with Crippen molar-refractivity contribution in [1.82, 2.24) is 0 Å². The van der Waals surface area contributed by atoms with Gasteiger partial charge in [-0.05, 0) is 32.9 Å². The van der Waals surface area contributed by atoms with E-state index in [4.69, 9.17) is 10.5 Å². The zero-order valence-corrected chi connectivity index (χ0v) is 12.6. The summed E-state index contributed by atoms with van der Waals surface area (Å²) in [4.78, 5) is 21.8. The highest BCUT2D eigenvalue weighted by molar-refractivity contribution is 5.79. The fourth-order valence-electron chi connectivity index (χ4n) is 2.09. The number of carbonyl (C=O) groups is 1. The molecular formula is C14H20N2O5. The Morgan fingerprint density at radius 1 is 1.52 bits per heavy atom. The molecule has 0 fully saturated rings. The minimum Gasteiger partial charge on any atom is -0.491 e. The van der Waals surface area contributed by atoms with Crippen molar-refractivity contribution in [2.24, 2.45) is 5.73 Å². The number of hydrogen-bond donors (Lipinski definition) is 1. The zero-order valence-electron chi connectivity index (χ0n) is 12.6. The molecule has 0 amide bonds. The van der Waals surface area contributed by atoms with Crippen LogP contribution in [0.1, 0.15) is 25.8 Å². The Labute approximate surface area is 123 Å². The third-order valence-corrected chi connectivity index (χ3v) is 3.07. The van der Waals surface area contributed by atoms with Crippen LogP contribution in [0, 0.1) is 17.0 Å². The van der Waals surface area contributed by atoms with Gasteiger partial charge in [-0.25, -0.2) is 0 Å². The Bertz CT molecular complexity index is 542. The van der Waals surface area contributed by atoms with Gasteiger partial charge in [0.15, 0.2) is 0 Å². The van der Waals surface area contributed by atoms with Gasteiger partial charge < -0.3 is 15.2 Å². The van der Waals surface area contributed by atoms with Crippen LogP contribution in [0.2, 0.25) is 0 Å². The molecule has 21 heavy (non-hydrogen) atoms.